The maximum atomic E-state index is 12.5. The lowest BCUT2D eigenvalue weighted by Gasteiger charge is -2.48. The summed E-state index contributed by atoms with van der Waals surface area (Å²) in [5, 5.41) is 9.91. The van der Waals surface area contributed by atoms with E-state index in [1.807, 2.05) is 12.1 Å². The van der Waals surface area contributed by atoms with E-state index in [2.05, 4.69) is 20.9 Å². The van der Waals surface area contributed by atoms with Crippen LogP contribution in [0.25, 0.3) is 11.1 Å². The van der Waals surface area contributed by atoms with Crippen molar-refractivity contribution < 1.29 is 13.9 Å². The molecule has 2 aromatic rings. The van der Waals surface area contributed by atoms with Gasteiger partial charge in [0.2, 0.25) is 0 Å². The molecule has 7 nitrogen and oxygen atoms in total. The molecule has 1 saturated carbocycles. The summed E-state index contributed by atoms with van der Waals surface area (Å²) in [7, 11) is 0. The molecule has 0 bridgehead atoms. The Hall–Kier alpha value is -2.12. The SMILES string of the molecule is O=C1Nc2ccc3ncoc3c2C2(CCCCC2CNCC2CCOC2)N1. The standard InChI is InChI=1S/C20H26N4O3/c25-19-23-15-4-5-16-18(27-12-22-16)17(15)20(24-19)7-2-1-3-14(20)10-21-9-13-6-8-26-11-13/h4-5,12-14,21H,1-3,6-11H2,(H2,23,24,25). The van der Waals surface area contributed by atoms with Gasteiger partial charge < -0.3 is 25.1 Å². The number of amides is 2. The van der Waals surface area contributed by atoms with Crippen molar-refractivity contribution in [2.75, 3.05) is 31.6 Å². The van der Waals surface area contributed by atoms with Crippen LogP contribution in [-0.4, -0.2) is 37.3 Å². The van der Waals surface area contributed by atoms with Crippen LogP contribution in [-0.2, 0) is 10.3 Å². The fraction of sp³-hybridized carbons (Fsp3) is 0.600. The molecule has 1 saturated heterocycles. The molecular formula is C20H26N4O3. The molecule has 2 fully saturated rings. The molecule has 1 aromatic heterocycles. The molecule has 7 heteroatoms. The van der Waals surface area contributed by atoms with Crippen LogP contribution in [0.15, 0.2) is 22.9 Å². The van der Waals surface area contributed by atoms with Crippen LogP contribution in [0.1, 0.15) is 37.7 Å². The maximum Gasteiger partial charge on any atom is 0.319 e. The number of carbonyl (C=O) groups excluding carboxylic acids is 1. The smallest absolute Gasteiger partial charge is 0.319 e. The number of nitrogens with zero attached hydrogens (tertiary/aromatic N) is 1. The van der Waals surface area contributed by atoms with Crippen molar-refractivity contribution in [1.82, 2.24) is 15.6 Å². The summed E-state index contributed by atoms with van der Waals surface area (Å²) in [4.78, 5) is 16.8. The van der Waals surface area contributed by atoms with E-state index < -0.39 is 5.54 Å². The number of oxazole rings is 1. The second kappa shape index (κ2) is 6.80. The Balaban J connectivity index is 1.48. The van der Waals surface area contributed by atoms with E-state index >= 15 is 0 Å². The summed E-state index contributed by atoms with van der Waals surface area (Å²) < 4.78 is 11.3. The molecule has 2 aliphatic heterocycles. The van der Waals surface area contributed by atoms with Crippen LogP contribution in [0, 0.1) is 11.8 Å². The minimum Gasteiger partial charge on any atom is -0.443 e. The molecule has 3 aliphatic rings. The molecule has 1 aromatic carbocycles. The molecule has 3 unspecified atom stereocenters. The van der Waals surface area contributed by atoms with Crippen molar-refractivity contribution in [2.45, 2.75) is 37.6 Å². The number of carbonyl (C=O) groups is 1. The number of rotatable bonds is 4. The highest BCUT2D eigenvalue weighted by Crippen LogP contribution is 2.48. The Morgan fingerprint density at radius 2 is 2.22 bits per heavy atom. The molecule has 0 radical (unpaired) electrons. The molecule has 3 N–H and O–H groups in total. The van der Waals surface area contributed by atoms with Crippen LogP contribution in [0.5, 0.6) is 0 Å². The zero-order valence-electron chi connectivity index (χ0n) is 15.4. The fourth-order valence-corrected chi connectivity index (χ4v) is 5.12. The van der Waals surface area contributed by atoms with E-state index in [1.165, 1.54) is 12.8 Å². The van der Waals surface area contributed by atoms with Gasteiger partial charge in [0.05, 0.1) is 17.8 Å². The van der Waals surface area contributed by atoms with Gasteiger partial charge in [0.25, 0.3) is 0 Å². The molecule has 2 amide bonds. The third-order valence-electron chi connectivity index (χ3n) is 6.45. The molecule has 3 heterocycles. The lowest BCUT2D eigenvalue weighted by molar-refractivity contribution is 0.140. The second-order valence-corrected chi connectivity index (χ2v) is 8.07. The van der Waals surface area contributed by atoms with Crippen molar-refractivity contribution in [3.05, 3.63) is 24.1 Å². The molecule has 27 heavy (non-hydrogen) atoms. The lowest BCUT2D eigenvalue weighted by atomic mass is 9.67. The van der Waals surface area contributed by atoms with Gasteiger partial charge in [-0.3, -0.25) is 0 Å². The quantitative estimate of drug-likeness (QED) is 0.770. The zero-order chi connectivity index (χ0) is 18.3. The Labute approximate surface area is 158 Å². The number of aromatic nitrogens is 1. The Kier molecular flexibility index (Phi) is 4.28. The first kappa shape index (κ1) is 17.0. The van der Waals surface area contributed by atoms with Gasteiger partial charge in [0.15, 0.2) is 12.0 Å². The van der Waals surface area contributed by atoms with Gasteiger partial charge >= 0.3 is 6.03 Å². The number of hydrogen-bond donors (Lipinski definition) is 3. The van der Waals surface area contributed by atoms with E-state index in [1.54, 1.807) is 0 Å². The minimum atomic E-state index is -0.409. The van der Waals surface area contributed by atoms with Gasteiger partial charge in [-0.2, -0.15) is 0 Å². The van der Waals surface area contributed by atoms with E-state index in [0.717, 1.165) is 74.3 Å². The van der Waals surface area contributed by atoms with Gasteiger partial charge in [-0.15, -0.1) is 0 Å². The first-order chi connectivity index (χ1) is 13.3. The molecule has 1 spiro atoms. The number of nitrogens with one attached hydrogen (secondary N) is 3. The largest absolute Gasteiger partial charge is 0.443 e. The third-order valence-corrected chi connectivity index (χ3v) is 6.45. The van der Waals surface area contributed by atoms with Crippen LogP contribution in [0.2, 0.25) is 0 Å². The van der Waals surface area contributed by atoms with Gasteiger partial charge in [0, 0.05) is 25.3 Å². The number of fused-ring (bicyclic) bond motifs is 4. The summed E-state index contributed by atoms with van der Waals surface area (Å²) in [6.45, 7) is 3.57. The summed E-state index contributed by atoms with van der Waals surface area (Å²) in [6.07, 6.45) is 6.91. The summed E-state index contributed by atoms with van der Waals surface area (Å²) >= 11 is 0. The highest BCUT2D eigenvalue weighted by Gasteiger charge is 2.48. The number of hydrogen-bond acceptors (Lipinski definition) is 5. The maximum absolute atomic E-state index is 12.5. The van der Waals surface area contributed by atoms with E-state index in [9.17, 15) is 4.79 Å². The zero-order valence-corrected chi connectivity index (χ0v) is 15.4. The summed E-state index contributed by atoms with van der Waals surface area (Å²) in [5.41, 5.74) is 3.13. The number of urea groups is 1. The Morgan fingerprint density at radius 3 is 3.11 bits per heavy atom. The molecule has 1 aliphatic carbocycles. The molecule has 3 atom stereocenters. The molecular weight excluding hydrogens is 344 g/mol. The van der Waals surface area contributed by atoms with Gasteiger partial charge in [-0.05, 0) is 43.2 Å². The minimum absolute atomic E-state index is 0.127. The predicted molar refractivity (Wildman–Crippen MR) is 102 cm³/mol. The van der Waals surface area contributed by atoms with Crippen LogP contribution < -0.4 is 16.0 Å². The van der Waals surface area contributed by atoms with Crippen LogP contribution in [0.4, 0.5) is 10.5 Å². The molecule has 5 rings (SSSR count). The van der Waals surface area contributed by atoms with Crippen molar-refractivity contribution in [3.8, 4) is 0 Å². The third kappa shape index (κ3) is 2.89. The summed E-state index contributed by atoms with van der Waals surface area (Å²) in [6, 6.07) is 3.74. The van der Waals surface area contributed by atoms with E-state index in [-0.39, 0.29) is 6.03 Å². The first-order valence-corrected chi connectivity index (χ1v) is 10.0. The Morgan fingerprint density at radius 1 is 1.26 bits per heavy atom. The highest BCUT2D eigenvalue weighted by molar-refractivity contribution is 5.98. The average molecular weight is 370 g/mol. The lowest BCUT2D eigenvalue weighted by Crippen LogP contribution is -2.59. The second-order valence-electron chi connectivity index (χ2n) is 8.07. The van der Waals surface area contributed by atoms with Crippen molar-refractivity contribution in [1.29, 1.82) is 0 Å². The van der Waals surface area contributed by atoms with Crippen LogP contribution in [0.3, 0.4) is 0 Å². The van der Waals surface area contributed by atoms with Gasteiger partial charge in [-0.25, -0.2) is 9.78 Å². The van der Waals surface area contributed by atoms with Gasteiger partial charge in [0.1, 0.15) is 5.52 Å². The topological polar surface area (TPSA) is 88.4 Å². The average Bonchev–Trinajstić information content (AvgIpc) is 3.34. The highest BCUT2D eigenvalue weighted by atomic mass is 16.5. The normalized spacial score (nSPS) is 30.3. The Bertz CT molecular complexity index is 845. The van der Waals surface area contributed by atoms with Crippen molar-refractivity contribution in [3.63, 3.8) is 0 Å². The monoisotopic (exact) mass is 370 g/mol. The van der Waals surface area contributed by atoms with Crippen LogP contribution >= 0.6 is 0 Å². The van der Waals surface area contributed by atoms with Crippen molar-refractivity contribution >= 4 is 22.8 Å². The first-order valence-electron chi connectivity index (χ1n) is 10.0. The number of anilines is 1. The molecule has 144 valence electrons. The number of benzene rings is 1. The predicted octanol–water partition coefficient (Wildman–Crippen LogP) is 2.97. The van der Waals surface area contributed by atoms with Crippen molar-refractivity contribution in [2.24, 2.45) is 11.8 Å². The van der Waals surface area contributed by atoms with E-state index in [0.29, 0.717) is 11.8 Å². The fourth-order valence-electron chi connectivity index (χ4n) is 5.12. The summed E-state index contributed by atoms with van der Waals surface area (Å²) in [5.74, 6) is 0.912. The van der Waals surface area contributed by atoms with Gasteiger partial charge in [-0.1, -0.05) is 12.8 Å². The number of ether oxygens (including phenoxy) is 1. The van der Waals surface area contributed by atoms with E-state index in [4.69, 9.17) is 9.15 Å².